The Morgan fingerprint density at radius 3 is 2.47 bits per heavy atom. The van der Waals surface area contributed by atoms with Gasteiger partial charge in [-0.3, -0.25) is 9.52 Å². The zero-order valence-electron chi connectivity index (χ0n) is 27.0. The maximum Gasteiger partial charge on any atom is 0.317 e. The number of carbonyl (C=O) groups is 2. The highest BCUT2D eigenvalue weighted by Crippen LogP contribution is 2.29. The zero-order valence-corrected chi connectivity index (χ0v) is 27.8. The van der Waals surface area contributed by atoms with Crippen LogP contribution in [0.4, 0.5) is 14.9 Å². The summed E-state index contributed by atoms with van der Waals surface area (Å²) in [6.45, 7) is 9.95. The second-order valence-electron chi connectivity index (χ2n) is 12.1. The molecule has 13 heteroatoms. The highest BCUT2D eigenvalue weighted by Gasteiger charge is 2.31. The molecule has 0 spiro atoms. The molecule has 0 saturated carbocycles. The third-order valence-electron chi connectivity index (χ3n) is 7.64. The number of ether oxygens (including phenoxy) is 2. The molecule has 0 unspecified atom stereocenters. The standard InChI is InChI=1S/C32H47FN4O7S/c1-21(2)34-32(40)36(6)19-30-22(3)18-37(23(4)20-38)31(39)28-17-26(35-45(41,42)27-13-10-25(33)11-14-27)12-15-29(28)44-24(5)9-7-8-16-43-30/h10-15,17,21-24,30,35,38H,7-9,16,18-20H2,1-6H3,(H,34,40)/t22-,23-,24+,30+/m0/s1. The molecule has 45 heavy (non-hydrogen) atoms. The topological polar surface area (TPSA) is 138 Å². The largest absolute Gasteiger partial charge is 0.490 e. The minimum absolute atomic E-state index is 0.0323. The van der Waals surface area contributed by atoms with Gasteiger partial charge in [0.05, 0.1) is 35.3 Å². The normalized spacial score (nSPS) is 20.9. The smallest absolute Gasteiger partial charge is 0.317 e. The number of likely N-dealkylation sites (N-methyl/N-ethyl adjacent to an activating group) is 1. The lowest BCUT2D eigenvalue weighted by Gasteiger charge is -2.36. The van der Waals surface area contributed by atoms with Gasteiger partial charge in [-0.15, -0.1) is 0 Å². The van der Waals surface area contributed by atoms with Gasteiger partial charge >= 0.3 is 6.03 Å². The maximum absolute atomic E-state index is 14.2. The minimum atomic E-state index is -4.09. The van der Waals surface area contributed by atoms with Crippen LogP contribution in [0.15, 0.2) is 47.4 Å². The van der Waals surface area contributed by atoms with Gasteiger partial charge in [0.25, 0.3) is 15.9 Å². The van der Waals surface area contributed by atoms with Crippen molar-refractivity contribution in [2.45, 2.75) is 83.1 Å². The second-order valence-corrected chi connectivity index (χ2v) is 13.7. The van der Waals surface area contributed by atoms with E-state index in [1.807, 2.05) is 27.7 Å². The van der Waals surface area contributed by atoms with E-state index in [-0.39, 0.29) is 59.1 Å². The first-order valence-corrected chi connectivity index (χ1v) is 16.8. The van der Waals surface area contributed by atoms with Gasteiger partial charge in [-0.25, -0.2) is 17.6 Å². The number of amides is 3. The Kier molecular flexibility index (Phi) is 13.0. The van der Waals surface area contributed by atoms with Crippen LogP contribution in [0.25, 0.3) is 0 Å². The van der Waals surface area contributed by atoms with E-state index in [0.717, 1.165) is 37.1 Å². The number of halogens is 1. The Balaban J connectivity index is 1.98. The average Bonchev–Trinajstić information content (AvgIpc) is 2.98. The summed E-state index contributed by atoms with van der Waals surface area (Å²) in [5.74, 6) is -0.990. The number of benzene rings is 2. The summed E-state index contributed by atoms with van der Waals surface area (Å²) in [6.07, 6.45) is 1.60. The van der Waals surface area contributed by atoms with Crippen molar-refractivity contribution in [2.75, 3.05) is 38.1 Å². The van der Waals surface area contributed by atoms with Crippen molar-refractivity contribution in [2.24, 2.45) is 5.92 Å². The molecule has 3 amide bonds. The molecule has 3 N–H and O–H groups in total. The number of aliphatic hydroxyl groups is 1. The molecule has 0 saturated heterocycles. The molecule has 2 aromatic carbocycles. The summed E-state index contributed by atoms with van der Waals surface area (Å²) < 4.78 is 54.5. The van der Waals surface area contributed by atoms with E-state index in [4.69, 9.17) is 9.47 Å². The molecule has 0 bridgehead atoms. The number of carbonyl (C=O) groups excluding carboxylic acids is 2. The predicted molar refractivity (Wildman–Crippen MR) is 170 cm³/mol. The molecule has 3 rings (SSSR count). The number of hydrogen-bond donors (Lipinski definition) is 3. The Hall–Kier alpha value is -3.42. The van der Waals surface area contributed by atoms with Gasteiger partial charge in [-0.05, 0) is 89.4 Å². The van der Waals surface area contributed by atoms with Gasteiger partial charge < -0.3 is 29.7 Å². The minimum Gasteiger partial charge on any atom is -0.490 e. The van der Waals surface area contributed by atoms with E-state index in [2.05, 4.69) is 10.0 Å². The van der Waals surface area contributed by atoms with Crippen molar-refractivity contribution in [3.05, 3.63) is 53.8 Å². The molecule has 250 valence electrons. The number of hydrogen-bond acceptors (Lipinski definition) is 7. The zero-order chi connectivity index (χ0) is 33.3. The maximum atomic E-state index is 14.2. The summed E-state index contributed by atoms with van der Waals surface area (Å²) in [7, 11) is -2.39. The average molecular weight is 651 g/mol. The fourth-order valence-corrected chi connectivity index (χ4v) is 6.04. The number of sulfonamides is 1. The molecular formula is C32H47FN4O7S. The van der Waals surface area contributed by atoms with Crippen LogP contribution in [0, 0.1) is 11.7 Å². The third-order valence-corrected chi connectivity index (χ3v) is 9.04. The highest BCUT2D eigenvalue weighted by atomic mass is 32.2. The molecule has 1 heterocycles. The van der Waals surface area contributed by atoms with Crippen LogP contribution in [0.1, 0.15) is 64.2 Å². The Morgan fingerprint density at radius 1 is 1.13 bits per heavy atom. The fraction of sp³-hybridized carbons (Fsp3) is 0.562. The number of nitrogens with zero attached hydrogens (tertiary/aromatic N) is 2. The molecule has 1 aliphatic heterocycles. The van der Waals surface area contributed by atoms with Crippen molar-refractivity contribution >= 4 is 27.6 Å². The van der Waals surface area contributed by atoms with Gasteiger partial charge in [0.15, 0.2) is 0 Å². The molecular weight excluding hydrogens is 603 g/mol. The number of aliphatic hydroxyl groups excluding tert-OH is 1. The van der Waals surface area contributed by atoms with E-state index in [1.165, 1.54) is 17.0 Å². The van der Waals surface area contributed by atoms with E-state index < -0.39 is 33.9 Å². The van der Waals surface area contributed by atoms with Crippen LogP contribution in [-0.4, -0.2) is 92.9 Å². The number of nitrogens with one attached hydrogen (secondary N) is 2. The predicted octanol–water partition coefficient (Wildman–Crippen LogP) is 4.47. The highest BCUT2D eigenvalue weighted by molar-refractivity contribution is 7.92. The van der Waals surface area contributed by atoms with Gasteiger partial charge in [-0.2, -0.15) is 0 Å². The number of anilines is 1. The number of rotatable bonds is 8. The summed E-state index contributed by atoms with van der Waals surface area (Å²) in [6, 6.07) is 8.03. The lowest BCUT2D eigenvalue weighted by molar-refractivity contribution is -0.0122. The van der Waals surface area contributed by atoms with Crippen LogP contribution in [0.2, 0.25) is 0 Å². The molecule has 0 aliphatic carbocycles. The lowest BCUT2D eigenvalue weighted by Crippen LogP contribution is -2.49. The second kappa shape index (κ2) is 16.2. The first-order valence-electron chi connectivity index (χ1n) is 15.4. The van der Waals surface area contributed by atoms with Gasteiger partial charge in [0.2, 0.25) is 0 Å². The van der Waals surface area contributed by atoms with Gasteiger partial charge in [0, 0.05) is 44.4 Å². The summed E-state index contributed by atoms with van der Waals surface area (Å²) in [5, 5.41) is 13.0. The van der Waals surface area contributed by atoms with Crippen molar-refractivity contribution in [1.82, 2.24) is 15.1 Å². The Labute approximate surface area is 266 Å². The lowest BCUT2D eigenvalue weighted by atomic mass is 10.0. The SMILES string of the molecule is CC(C)NC(=O)N(C)C[C@H]1OCCCC[C@@H](C)Oc2ccc(NS(=O)(=O)c3ccc(F)cc3)cc2C(=O)N([C@@H](C)CO)C[C@@H]1C. The molecule has 0 aromatic heterocycles. The molecule has 11 nitrogen and oxygen atoms in total. The van der Waals surface area contributed by atoms with Crippen molar-refractivity contribution in [3.8, 4) is 5.75 Å². The number of fused-ring (bicyclic) bond motifs is 1. The van der Waals surface area contributed by atoms with Crippen molar-refractivity contribution < 1.29 is 37.0 Å². The van der Waals surface area contributed by atoms with Crippen LogP contribution in [-0.2, 0) is 14.8 Å². The third kappa shape index (κ3) is 10.3. The molecule has 1 aliphatic rings. The van der Waals surface area contributed by atoms with Crippen molar-refractivity contribution in [1.29, 1.82) is 0 Å². The Bertz CT molecular complexity index is 1390. The summed E-state index contributed by atoms with van der Waals surface area (Å²) >= 11 is 0. The molecule has 2 aromatic rings. The van der Waals surface area contributed by atoms with Crippen LogP contribution >= 0.6 is 0 Å². The summed E-state index contributed by atoms with van der Waals surface area (Å²) in [5.41, 5.74) is 0.240. The molecule has 0 fully saturated rings. The number of urea groups is 1. The van der Waals surface area contributed by atoms with Crippen LogP contribution < -0.4 is 14.8 Å². The van der Waals surface area contributed by atoms with Crippen LogP contribution in [0.3, 0.4) is 0 Å². The van der Waals surface area contributed by atoms with E-state index in [0.29, 0.717) is 19.6 Å². The summed E-state index contributed by atoms with van der Waals surface area (Å²) in [4.78, 5) is 29.9. The first-order chi connectivity index (χ1) is 21.2. The monoisotopic (exact) mass is 650 g/mol. The molecule has 4 atom stereocenters. The van der Waals surface area contributed by atoms with E-state index >= 15 is 0 Å². The quantitative estimate of drug-likeness (QED) is 0.383. The fourth-order valence-electron chi connectivity index (χ4n) is 4.99. The van der Waals surface area contributed by atoms with Gasteiger partial charge in [0.1, 0.15) is 11.6 Å². The van der Waals surface area contributed by atoms with Crippen LogP contribution in [0.5, 0.6) is 5.75 Å². The van der Waals surface area contributed by atoms with Crippen molar-refractivity contribution in [3.63, 3.8) is 0 Å². The Morgan fingerprint density at radius 2 is 1.82 bits per heavy atom. The first kappa shape index (κ1) is 36.1. The van der Waals surface area contributed by atoms with E-state index in [9.17, 15) is 27.5 Å². The van der Waals surface area contributed by atoms with Gasteiger partial charge in [-0.1, -0.05) is 6.92 Å². The van der Waals surface area contributed by atoms with E-state index in [1.54, 1.807) is 24.9 Å². The molecule has 0 radical (unpaired) electrons.